The third kappa shape index (κ3) is 3.05. The standard InChI is InChI=1S/C11H15N/c1-10-5-7-11(8-6-10)4-2-3-9-12/h5-8H,2-4,9H2,1H3. The van der Waals surface area contributed by atoms with Crippen LogP contribution in [0.3, 0.4) is 0 Å². The molecule has 0 bridgehead atoms. The van der Waals surface area contributed by atoms with Crippen molar-refractivity contribution in [2.75, 3.05) is 6.54 Å². The van der Waals surface area contributed by atoms with Crippen LogP contribution in [-0.4, -0.2) is 6.54 Å². The first-order valence-corrected chi connectivity index (χ1v) is 4.49. The third-order valence-electron chi connectivity index (χ3n) is 1.99. The van der Waals surface area contributed by atoms with E-state index < -0.39 is 0 Å². The smallest absolute Gasteiger partial charge is 0.0321 e. The van der Waals surface area contributed by atoms with Gasteiger partial charge >= 0.3 is 0 Å². The molecule has 0 aliphatic rings. The molecule has 1 aromatic carbocycles. The molecule has 0 saturated carbocycles. The van der Waals surface area contributed by atoms with Crippen LogP contribution in [0, 0.1) is 6.92 Å². The number of nitrogens with zero attached hydrogens (tertiary/aromatic N) is 1. The predicted molar refractivity (Wildman–Crippen MR) is 51.1 cm³/mol. The molecule has 2 radical (unpaired) electrons. The Hall–Kier alpha value is -0.820. The highest BCUT2D eigenvalue weighted by atomic mass is 14.5. The van der Waals surface area contributed by atoms with Crippen molar-refractivity contribution in [3.8, 4) is 0 Å². The molecule has 0 atom stereocenters. The van der Waals surface area contributed by atoms with E-state index in [0.717, 1.165) is 19.3 Å². The van der Waals surface area contributed by atoms with Gasteiger partial charge < -0.3 is 0 Å². The first-order chi connectivity index (χ1) is 5.83. The monoisotopic (exact) mass is 161 g/mol. The Morgan fingerprint density at radius 3 is 2.33 bits per heavy atom. The summed E-state index contributed by atoms with van der Waals surface area (Å²) >= 11 is 0. The van der Waals surface area contributed by atoms with Crippen molar-refractivity contribution in [1.29, 1.82) is 0 Å². The summed E-state index contributed by atoms with van der Waals surface area (Å²) in [6.45, 7) is 2.41. The van der Waals surface area contributed by atoms with Gasteiger partial charge in [-0.3, -0.25) is 0 Å². The van der Waals surface area contributed by atoms with Gasteiger partial charge in [0.25, 0.3) is 0 Å². The highest BCUT2D eigenvalue weighted by Crippen LogP contribution is 2.06. The maximum absolute atomic E-state index is 8.59. The Morgan fingerprint density at radius 2 is 1.75 bits per heavy atom. The molecule has 0 aliphatic heterocycles. The van der Waals surface area contributed by atoms with Gasteiger partial charge in [0.2, 0.25) is 0 Å². The van der Waals surface area contributed by atoms with Crippen LogP contribution in [-0.2, 0) is 6.42 Å². The second-order valence-corrected chi connectivity index (χ2v) is 3.17. The molecule has 64 valence electrons. The lowest BCUT2D eigenvalue weighted by Gasteiger charge is -1.99. The minimum absolute atomic E-state index is 0.311. The zero-order chi connectivity index (χ0) is 8.81. The topological polar surface area (TPSA) is 22.3 Å². The van der Waals surface area contributed by atoms with Crippen LogP contribution in [0.1, 0.15) is 24.0 Å². The second kappa shape index (κ2) is 4.94. The Morgan fingerprint density at radius 1 is 1.08 bits per heavy atom. The van der Waals surface area contributed by atoms with Crippen LogP contribution in [0.2, 0.25) is 0 Å². The van der Waals surface area contributed by atoms with Crippen molar-refractivity contribution >= 4 is 0 Å². The van der Waals surface area contributed by atoms with Crippen LogP contribution < -0.4 is 5.73 Å². The molecule has 1 rings (SSSR count). The molecule has 1 aromatic rings. The van der Waals surface area contributed by atoms with E-state index in [0.29, 0.717) is 6.54 Å². The fraction of sp³-hybridized carbons (Fsp3) is 0.455. The molecule has 0 saturated heterocycles. The summed E-state index contributed by atoms with van der Waals surface area (Å²) in [5.41, 5.74) is 11.3. The first kappa shape index (κ1) is 9.27. The number of hydrogen-bond donors (Lipinski definition) is 0. The fourth-order valence-corrected chi connectivity index (χ4v) is 1.20. The normalized spacial score (nSPS) is 10.2. The number of aryl methyl sites for hydroxylation is 2. The van der Waals surface area contributed by atoms with Gasteiger partial charge in [-0.15, -0.1) is 5.73 Å². The van der Waals surface area contributed by atoms with Gasteiger partial charge in [0.1, 0.15) is 0 Å². The van der Waals surface area contributed by atoms with Gasteiger partial charge in [-0.2, -0.15) is 0 Å². The van der Waals surface area contributed by atoms with Gasteiger partial charge in [-0.25, -0.2) is 0 Å². The van der Waals surface area contributed by atoms with Crippen molar-refractivity contribution in [1.82, 2.24) is 5.73 Å². The fourth-order valence-electron chi connectivity index (χ4n) is 1.20. The lowest BCUT2D eigenvalue weighted by atomic mass is 10.1. The molecule has 12 heavy (non-hydrogen) atoms. The van der Waals surface area contributed by atoms with Crippen LogP contribution in [0.25, 0.3) is 0 Å². The lowest BCUT2D eigenvalue weighted by molar-refractivity contribution is 0.735. The average molecular weight is 161 g/mol. The van der Waals surface area contributed by atoms with E-state index in [1.165, 1.54) is 11.1 Å². The first-order valence-electron chi connectivity index (χ1n) is 4.49. The summed E-state index contributed by atoms with van der Waals surface area (Å²) in [6.07, 6.45) is 3.08. The van der Waals surface area contributed by atoms with Gasteiger partial charge in [0.05, 0.1) is 0 Å². The van der Waals surface area contributed by atoms with E-state index in [9.17, 15) is 0 Å². The van der Waals surface area contributed by atoms with E-state index >= 15 is 0 Å². The molecule has 0 amide bonds. The summed E-state index contributed by atoms with van der Waals surface area (Å²) in [6, 6.07) is 8.59. The van der Waals surface area contributed by atoms with E-state index in [1.54, 1.807) is 0 Å². The van der Waals surface area contributed by atoms with Crippen LogP contribution in [0.15, 0.2) is 24.3 Å². The zero-order valence-electron chi connectivity index (χ0n) is 7.59. The summed E-state index contributed by atoms with van der Waals surface area (Å²) in [4.78, 5) is 0. The van der Waals surface area contributed by atoms with E-state index in [2.05, 4.69) is 31.2 Å². The number of hydrogen-bond acceptors (Lipinski definition) is 0. The van der Waals surface area contributed by atoms with E-state index in [-0.39, 0.29) is 0 Å². The Labute approximate surface area is 74.6 Å². The van der Waals surface area contributed by atoms with Crippen LogP contribution >= 0.6 is 0 Å². The molecule has 0 heterocycles. The van der Waals surface area contributed by atoms with Gasteiger partial charge in [0.15, 0.2) is 0 Å². The summed E-state index contributed by atoms with van der Waals surface area (Å²) in [5, 5.41) is 0. The van der Waals surface area contributed by atoms with Gasteiger partial charge in [-0.1, -0.05) is 29.8 Å². The van der Waals surface area contributed by atoms with Crippen molar-refractivity contribution in [2.45, 2.75) is 26.2 Å². The van der Waals surface area contributed by atoms with Crippen molar-refractivity contribution in [2.24, 2.45) is 0 Å². The summed E-state index contributed by atoms with van der Waals surface area (Å²) in [7, 11) is 0. The summed E-state index contributed by atoms with van der Waals surface area (Å²) in [5.74, 6) is 0. The minimum Gasteiger partial charge on any atom is -0.145 e. The molecule has 0 unspecified atom stereocenters. The molecule has 1 nitrogen and oxygen atoms in total. The van der Waals surface area contributed by atoms with Crippen molar-refractivity contribution in [3.05, 3.63) is 35.4 Å². The maximum Gasteiger partial charge on any atom is 0.0321 e. The zero-order valence-corrected chi connectivity index (χ0v) is 7.59. The molecule has 0 N–H and O–H groups in total. The Balaban J connectivity index is 2.37. The maximum atomic E-state index is 8.59. The van der Waals surface area contributed by atoms with Gasteiger partial charge in [0, 0.05) is 6.54 Å². The second-order valence-electron chi connectivity index (χ2n) is 3.17. The van der Waals surface area contributed by atoms with Gasteiger partial charge in [-0.05, 0) is 31.7 Å². The highest BCUT2D eigenvalue weighted by molar-refractivity contribution is 5.21. The molecule has 0 aliphatic carbocycles. The van der Waals surface area contributed by atoms with E-state index in [1.807, 2.05) is 0 Å². The SMILES string of the molecule is Cc1ccc(CCCC[N])cc1. The number of rotatable bonds is 4. The Bertz CT molecular complexity index is 213. The average Bonchev–Trinajstić information content (AvgIpc) is 2.09. The third-order valence-corrected chi connectivity index (χ3v) is 1.99. The molecule has 1 heteroatoms. The van der Waals surface area contributed by atoms with E-state index in [4.69, 9.17) is 5.73 Å². The minimum atomic E-state index is 0.311. The molecule has 0 aromatic heterocycles. The highest BCUT2D eigenvalue weighted by Gasteiger charge is 1.91. The van der Waals surface area contributed by atoms with Crippen LogP contribution in [0.5, 0.6) is 0 Å². The lowest BCUT2D eigenvalue weighted by Crippen LogP contribution is -1.89. The number of unbranched alkanes of at least 4 members (excludes halogenated alkanes) is 1. The quantitative estimate of drug-likeness (QED) is 0.605. The Kier molecular flexibility index (Phi) is 3.81. The largest absolute Gasteiger partial charge is 0.145 e. The van der Waals surface area contributed by atoms with Crippen molar-refractivity contribution < 1.29 is 0 Å². The molecular formula is C11H15N. The molecule has 0 fully saturated rings. The van der Waals surface area contributed by atoms with Crippen molar-refractivity contribution in [3.63, 3.8) is 0 Å². The number of benzene rings is 1. The molecule has 0 spiro atoms. The summed E-state index contributed by atoms with van der Waals surface area (Å²) < 4.78 is 0. The molecular weight excluding hydrogens is 146 g/mol. The van der Waals surface area contributed by atoms with Crippen LogP contribution in [0.4, 0.5) is 0 Å². The predicted octanol–water partition coefficient (Wildman–Crippen LogP) is 2.39.